The Morgan fingerprint density at radius 3 is 2.73 bits per heavy atom. The molecular weight excluding hydrogens is 138 g/mol. The first-order valence-electron chi connectivity index (χ1n) is 3.94. The molecule has 60 valence electrons. The zero-order chi connectivity index (χ0) is 8.01. The van der Waals surface area contributed by atoms with Crippen molar-refractivity contribution in [2.75, 3.05) is 0 Å². The van der Waals surface area contributed by atoms with Crippen LogP contribution in [0.15, 0.2) is 6.20 Å². The Labute approximate surface area is 66.2 Å². The van der Waals surface area contributed by atoms with Gasteiger partial charge in [-0.2, -0.15) is 5.10 Å². The molecule has 0 aromatic carbocycles. The van der Waals surface area contributed by atoms with Crippen molar-refractivity contribution < 1.29 is 0 Å². The van der Waals surface area contributed by atoms with E-state index in [1.54, 1.807) is 0 Å². The number of rotatable bonds is 1. The summed E-state index contributed by atoms with van der Waals surface area (Å²) >= 11 is 0. The Bertz CT molecular complexity index is 277. The van der Waals surface area contributed by atoms with Crippen molar-refractivity contribution >= 4 is 0 Å². The van der Waals surface area contributed by atoms with Crippen molar-refractivity contribution in [1.82, 2.24) is 9.78 Å². The number of nitrogens with two attached hydrogens (primary N) is 1. The quantitative estimate of drug-likeness (QED) is 0.636. The van der Waals surface area contributed by atoms with Gasteiger partial charge in [-0.15, -0.1) is 0 Å². The van der Waals surface area contributed by atoms with Crippen LogP contribution in [0.3, 0.4) is 0 Å². The summed E-state index contributed by atoms with van der Waals surface area (Å²) in [6.07, 6.45) is 3.07. The smallest absolute Gasteiger partial charge is 0.0527 e. The molecule has 1 aromatic heterocycles. The van der Waals surface area contributed by atoms with E-state index in [1.807, 2.05) is 17.9 Å². The minimum Gasteiger partial charge on any atom is -0.327 e. The second-order valence-electron chi connectivity index (χ2n) is 3.31. The Hall–Kier alpha value is -0.830. The molecule has 1 aliphatic carbocycles. The van der Waals surface area contributed by atoms with Gasteiger partial charge in [0, 0.05) is 24.7 Å². The number of aromatic nitrogens is 2. The highest BCUT2D eigenvalue weighted by molar-refractivity contribution is 5.28. The zero-order valence-electron chi connectivity index (χ0n) is 6.91. The molecule has 0 aliphatic heterocycles. The first-order valence-corrected chi connectivity index (χ1v) is 3.94. The molecule has 0 unspecified atom stereocenters. The van der Waals surface area contributed by atoms with Crippen molar-refractivity contribution in [3.05, 3.63) is 17.5 Å². The lowest BCUT2D eigenvalue weighted by atomic mass is 10.2. The second-order valence-corrected chi connectivity index (χ2v) is 3.31. The summed E-state index contributed by atoms with van der Waals surface area (Å²) < 4.78 is 1.90. The summed E-state index contributed by atoms with van der Waals surface area (Å²) in [4.78, 5) is 0. The summed E-state index contributed by atoms with van der Waals surface area (Å²) in [6.45, 7) is 2.09. The Balaban J connectivity index is 2.31. The third kappa shape index (κ3) is 0.959. The molecule has 0 radical (unpaired) electrons. The predicted octanol–water partition coefficient (Wildman–Crippen LogP) is 0.543. The molecule has 1 fully saturated rings. The van der Waals surface area contributed by atoms with Crippen molar-refractivity contribution in [2.45, 2.75) is 25.3 Å². The van der Waals surface area contributed by atoms with E-state index in [9.17, 15) is 0 Å². The molecule has 11 heavy (non-hydrogen) atoms. The standard InChI is InChI=1S/C8H13N3/c1-5-7(4-10-11(5)2)6-3-8(6)9/h4,6,8H,3,9H2,1-2H3/t6-,8-/m1/s1. The predicted molar refractivity (Wildman–Crippen MR) is 43.3 cm³/mol. The van der Waals surface area contributed by atoms with Crippen molar-refractivity contribution in [3.8, 4) is 0 Å². The van der Waals surface area contributed by atoms with Crippen LogP contribution >= 0.6 is 0 Å². The van der Waals surface area contributed by atoms with Gasteiger partial charge in [0.1, 0.15) is 0 Å². The molecule has 0 spiro atoms. The van der Waals surface area contributed by atoms with Gasteiger partial charge in [0.25, 0.3) is 0 Å². The molecule has 1 heterocycles. The highest BCUT2D eigenvalue weighted by Crippen LogP contribution is 2.39. The molecule has 1 saturated carbocycles. The minimum absolute atomic E-state index is 0.387. The fourth-order valence-electron chi connectivity index (χ4n) is 1.45. The van der Waals surface area contributed by atoms with Gasteiger partial charge in [-0.1, -0.05) is 0 Å². The van der Waals surface area contributed by atoms with Crippen LogP contribution in [0.25, 0.3) is 0 Å². The molecule has 2 N–H and O–H groups in total. The van der Waals surface area contributed by atoms with Crippen LogP contribution in [0.4, 0.5) is 0 Å². The van der Waals surface area contributed by atoms with Crippen molar-refractivity contribution in [3.63, 3.8) is 0 Å². The summed E-state index contributed by atoms with van der Waals surface area (Å²) in [6, 6.07) is 0.387. The topological polar surface area (TPSA) is 43.8 Å². The summed E-state index contributed by atoms with van der Waals surface area (Å²) in [5, 5.41) is 4.17. The van der Waals surface area contributed by atoms with Crippen LogP contribution in [0, 0.1) is 6.92 Å². The third-order valence-electron chi connectivity index (χ3n) is 2.51. The van der Waals surface area contributed by atoms with Gasteiger partial charge in [0.05, 0.1) is 6.20 Å². The number of hydrogen-bond donors (Lipinski definition) is 1. The largest absolute Gasteiger partial charge is 0.327 e. The van der Waals surface area contributed by atoms with Gasteiger partial charge >= 0.3 is 0 Å². The molecule has 1 aromatic rings. The highest BCUT2D eigenvalue weighted by Gasteiger charge is 2.36. The van der Waals surface area contributed by atoms with E-state index in [4.69, 9.17) is 5.73 Å². The number of hydrogen-bond acceptors (Lipinski definition) is 2. The fraction of sp³-hybridized carbons (Fsp3) is 0.625. The van der Waals surface area contributed by atoms with Crippen LogP contribution in [0.2, 0.25) is 0 Å². The van der Waals surface area contributed by atoms with E-state index in [1.165, 1.54) is 11.3 Å². The monoisotopic (exact) mass is 151 g/mol. The maximum Gasteiger partial charge on any atom is 0.0527 e. The molecule has 3 heteroatoms. The normalized spacial score (nSPS) is 29.0. The summed E-state index contributed by atoms with van der Waals surface area (Å²) in [5.74, 6) is 0.587. The van der Waals surface area contributed by atoms with E-state index in [-0.39, 0.29) is 0 Å². The molecule has 2 rings (SSSR count). The molecule has 1 aliphatic rings. The average Bonchev–Trinajstić information content (AvgIpc) is 2.58. The van der Waals surface area contributed by atoms with Crippen LogP contribution in [-0.4, -0.2) is 15.8 Å². The van der Waals surface area contributed by atoms with E-state index >= 15 is 0 Å². The van der Waals surface area contributed by atoms with Crippen LogP contribution in [0.1, 0.15) is 23.6 Å². The lowest BCUT2D eigenvalue weighted by molar-refractivity contribution is 0.737. The first-order chi connectivity index (χ1) is 5.20. The van der Waals surface area contributed by atoms with Gasteiger partial charge in [-0.25, -0.2) is 0 Å². The van der Waals surface area contributed by atoms with Crippen LogP contribution in [-0.2, 0) is 7.05 Å². The molecule has 3 nitrogen and oxygen atoms in total. The Morgan fingerprint density at radius 1 is 1.73 bits per heavy atom. The Kier molecular flexibility index (Phi) is 1.29. The number of aryl methyl sites for hydroxylation is 1. The van der Waals surface area contributed by atoms with E-state index < -0.39 is 0 Å². The van der Waals surface area contributed by atoms with E-state index in [0.29, 0.717) is 12.0 Å². The summed E-state index contributed by atoms with van der Waals surface area (Å²) in [7, 11) is 1.97. The molecule has 0 amide bonds. The molecule has 0 bridgehead atoms. The Morgan fingerprint density at radius 2 is 2.36 bits per heavy atom. The maximum atomic E-state index is 5.74. The SMILES string of the molecule is Cc1c([C@H]2C[C@H]2N)cnn1C. The highest BCUT2D eigenvalue weighted by atomic mass is 15.3. The van der Waals surface area contributed by atoms with E-state index in [0.717, 1.165) is 6.42 Å². The molecular formula is C8H13N3. The average molecular weight is 151 g/mol. The van der Waals surface area contributed by atoms with Gasteiger partial charge in [-0.3, -0.25) is 4.68 Å². The van der Waals surface area contributed by atoms with Gasteiger partial charge in [0.2, 0.25) is 0 Å². The molecule has 2 atom stereocenters. The van der Waals surface area contributed by atoms with Crippen LogP contribution in [0.5, 0.6) is 0 Å². The fourth-order valence-corrected chi connectivity index (χ4v) is 1.45. The number of nitrogens with zero attached hydrogens (tertiary/aromatic N) is 2. The second kappa shape index (κ2) is 2.08. The maximum absolute atomic E-state index is 5.74. The van der Waals surface area contributed by atoms with Crippen molar-refractivity contribution in [1.29, 1.82) is 0 Å². The first kappa shape index (κ1) is 6.85. The van der Waals surface area contributed by atoms with Gasteiger partial charge in [-0.05, 0) is 18.9 Å². The van der Waals surface area contributed by atoms with Gasteiger partial charge < -0.3 is 5.73 Å². The van der Waals surface area contributed by atoms with Gasteiger partial charge in [0.15, 0.2) is 0 Å². The third-order valence-corrected chi connectivity index (χ3v) is 2.51. The summed E-state index contributed by atoms with van der Waals surface area (Å²) in [5.41, 5.74) is 8.33. The molecule has 0 saturated heterocycles. The van der Waals surface area contributed by atoms with Crippen molar-refractivity contribution in [2.24, 2.45) is 12.8 Å². The van der Waals surface area contributed by atoms with E-state index in [2.05, 4.69) is 12.0 Å². The lowest BCUT2D eigenvalue weighted by Crippen LogP contribution is -2.01. The zero-order valence-corrected chi connectivity index (χ0v) is 6.91. The minimum atomic E-state index is 0.387. The van der Waals surface area contributed by atoms with Crippen LogP contribution < -0.4 is 5.73 Å². The lowest BCUT2D eigenvalue weighted by Gasteiger charge is -1.96.